The number of aliphatic hydroxyl groups excluding tert-OH is 1. The lowest BCUT2D eigenvalue weighted by Crippen LogP contribution is -2.28. The lowest BCUT2D eigenvalue weighted by molar-refractivity contribution is -0.138. The molecule has 4 nitrogen and oxygen atoms in total. The molecular formula is C29H42O4. The first-order valence-corrected chi connectivity index (χ1v) is 12.3. The molecular weight excluding hydrogens is 412 g/mol. The van der Waals surface area contributed by atoms with E-state index in [2.05, 4.69) is 31.2 Å². The monoisotopic (exact) mass is 454 g/mol. The van der Waals surface area contributed by atoms with Crippen LogP contribution in [0.2, 0.25) is 0 Å². The minimum absolute atomic E-state index is 0.00695. The van der Waals surface area contributed by atoms with E-state index in [9.17, 15) is 15.0 Å². The number of aliphatic hydroxyl groups is 1. The first-order valence-electron chi connectivity index (χ1n) is 12.3. The van der Waals surface area contributed by atoms with Crippen LogP contribution < -0.4 is 0 Å². The van der Waals surface area contributed by atoms with Gasteiger partial charge < -0.3 is 14.9 Å². The van der Waals surface area contributed by atoms with Crippen LogP contribution in [0.5, 0.6) is 0 Å². The fraction of sp³-hybridized carbons (Fsp3) is 0.552. The zero-order valence-corrected chi connectivity index (χ0v) is 20.6. The number of ether oxygens (including phenoxy) is 1. The molecule has 0 aromatic heterocycles. The second-order valence-electron chi connectivity index (χ2n) is 10.0. The summed E-state index contributed by atoms with van der Waals surface area (Å²) in [5.74, 6) is -0.766. The number of hydrogen-bond donors (Lipinski definition) is 2. The summed E-state index contributed by atoms with van der Waals surface area (Å²) in [5.41, 5.74) is 1.99. The van der Waals surface area contributed by atoms with Crippen LogP contribution in [-0.2, 0) is 20.4 Å². The Labute approximate surface area is 200 Å². The van der Waals surface area contributed by atoms with Crippen LogP contribution in [0.3, 0.4) is 0 Å². The van der Waals surface area contributed by atoms with Gasteiger partial charge in [0.05, 0.1) is 19.1 Å². The second kappa shape index (κ2) is 13.5. The van der Waals surface area contributed by atoms with E-state index in [0.717, 1.165) is 56.9 Å². The van der Waals surface area contributed by atoms with Crippen molar-refractivity contribution in [2.24, 2.45) is 0 Å². The summed E-state index contributed by atoms with van der Waals surface area (Å²) in [6.07, 6.45) is 7.12. The summed E-state index contributed by atoms with van der Waals surface area (Å²) in [6, 6.07) is 20.5. The third-order valence-electron chi connectivity index (χ3n) is 6.98. The standard InChI is InChI=1S/C29H42O4/c1-28(22-27(31)32,24-14-6-4-7-15-24)20-12-10-18-26(30)19-11-13-21-29(2,23-33-3)25-16-8-5-9-17-25/h4-9,14-17,26,30H,10-13,18-23H2,1-3H3,(H,31,32). The molecule has 0 aliphatic heterocycles. The van der Waals surface area contributed by atoms with Gasteiger partial charge in [0.1, 0.15) is 0 Å². The minimum atomic E-state index is -0.766. The Morgan fingerprint density at radius 1 is 0.818 bits per heavy atom. The number of carboxylic acid groups (broad SMARTS) is 1. The van der Waals surface area contributed by atoms with Gasteiger partial charge in [-0.15, -0.1) is 0 Å². The molecule has 0 amide bonds. The van der Waals surface area contributed by atoms with E-state index in [1.54, 1.807) is 7.11 Å². The highest BCUT2D eigenvalue weighted by Gasteiger charge is 2.29. The molecule has 0 bridgehead atoms. The van der Waals surface area contributed by atoms with Gasteiger partial charge in [-0.3, -0.25) is 4.79 Å². The Bertz CT molecular complexity index is 807. The third kappa shape index (κ3) is 8.94. The fourth-order valence-corrected chi connectivity index (χ4v) is 4.90. The van der Waals surface area contributed by atoms with Crippen LogP contribution in [0.15, 0.2) is 60.7 Å². The number of aliphatic carboxylic acids is 1. The molecule has 0 aliphatic carbocycles. The van der Waals surface area contributed by atoms with Crippen LogP contribution in [0.4, 0.5) is 0 Å². The summed E-state index contributed by atoms with van der Waals surface area (Å²) in [5, 5.41) is 19.9. The van der Waals surface area contributed by atoms with Gasteiger partial charge in [-0.05, 0) is 36.8 Å². The maximum atomic E-state index is 11.4. The molecule has 182 valence electrons. The Kier molecular flexibility index (Phi) is 11.1. The van der Waals surface area contributed by atoms with Crippen LogP contribution in [-0.4, -0.2) is 36.0 Å². The number of rotatable bonds is 16. The van der Waals surface area contributed by atoms with E-state index in [0.29, 0.717) is 6.61 Å². The van der Waals surface area contributed by atoms with Crippen LogP contribution in [0, 0.1) is 0 Å². The highest BCUT2D eigenvalue weighted by atomic mass is 16.5. The Balaban J connectivity index is 1.73. The van der Waals surface area contributed by atoms with Gasteiger partial charge in [-0.1, -0.05) is 100 Å². The van der Waals surface area contributed by atoms with Crippen LogP contribution in [0.25, 0.3) is 0 Å². The van der Waals surface area contributed by atoms with Crippen molar-refractivity contribution < 1.29 is 19.7 Å². The van der Waals surface area contributed by atoms with Gasteiger partial charge in [0, 0.05) is 17.9 Å². The first kappa shape index (κ1) is 27.1. The molecule has 0 heterocycles. The highest BCUT2D eigenvalue weighted by molar-refractivity contribution is 5.69. The van der Waals surface area contributed by atoms with Crippen molar-refractivity contribution in [1.29, 1.82) is 0 Å². The number of benzene rings is 2. The molecule has 0 saturated heterocycles. The van der Waals surface area contributed by atoms with E-state index in [1.165, 1.54) is 5.56 Å². The highest BCUT2D eigenvalue weighted by Crippen LogP contribution is 2.34. The lowest BCUT2D eigenvalue weighted by atomic mass is 9.75. The molecule has 0 radical (unpaired) electrons. The van der Waals surface area contributed by atoms with Gasteiger partial charge in [-0.25, -0.2) is 0 Å². The summed E-state index contributed by atoms with van der Waals surface area (Å²) < 4.78 is 5.50. The minimum Gasteiger partial charge on any atom is -0.481 e. The maximum Gasteiger partial charge on any atom is 0.304 e. The molecule has 3 atom stereocenters. The Morgan fingerprint density at radius 3 is 1.73 bits per heavy atom. The molecule has 0 aliphatic rings. The van der Waals surface area contributed by atoms with Crippen molar-refractivity contribution in [3.8, 4) is 0 Å². The molecule has 2 rings (SSSR count). The molecule has 2 aromatic rings. The van der Waals surface area contributed by atoms with Gasteiger partial charge in [0.2, 0.25) is 0 Å². The van der Waals surface area contributed by atoms with E-state index in [1.807, 2.05) is 43.3 Å². The molecule has 0 saturated carbocycles. The third-order valence-corrected chi connectivity index (χ3v) is 6.98. The molecule has 2 N–H and O–H groups in total. The van der Waals surface area contributed by atoms with Crippen LogP contribution in [0.1, 0.15) is 82.8 Å². The van der Waals surface area contributed by atoms with E-state index in [-0.39, 0.29) is 23.4 Å². The predicted molar refractivity (Wildman–Crippen MR) is 135 cm³/mol. The maximum absolute atomic E-state index is 11.4. The lowest BCUT2D eigenvalue weighted by Gasteiger charge is -2.30. The van der Waals surface area contributed by atoms with Gasteiger partial charge >= 0.3 is 5.97 Å². The Morgan fingerprint density at radius 2 is 1.27 bits per heavy atom. The van der Waals surface area contributed by atoms with Crippen LogP contribution >= 0.6 is 0 Å². The van der Waals surface area contributed by atoms with Gasteiger partial charge in [0.15, 0.2) is 0 Å². The molecule has 0 fully saturated rings. The molecule has 2 aromatic carbocycles. The fourth-order valence-electron chi connectivity index (χ4n) is 4.90. The summed E-state index contributed by atoms with van der Waals surface area (Å²) >= 11 is 0. The summed E-state index contributed by atoms with van der Waals surface area (Å²) in [7, 11) is 1.75. The first-order chi connectivity index (χ1) is 15.8. The van der Waals surface area contributed by atoms with Crippen molar-refractivity contribution >= 4 is 5.97 Å². The Hall–Kier alpha value is -2.17. The summed E-state index contributed by atoms with van der Waals surface area (Å²) in [4.78, 5) is 11.4. The van der Waals surface area contributed by atoms with E-state index in [4.69, 9.17) is 4.74 Å². The molecule has 3 unspecified atom stereocenters. The average Bonchev–Trinajstić information content (AvgIpc) is 2.80. The number of carbonyl (C=O) groups is 1. The van der Waals surface area contributed by atoms with E-state index >= 15 is 0 Å². The number of methoxy groups -OCH3 is 1. The molecule has 0 spiro atoms. The van der Waals surface area contributed by atoms with E-state index < -0.39 is 5.97 Å². The zero-order chi connectivity index (χ0) is 24.2. The quantitative estimate of drug-likeness (QED) is 0.284. The van der Waals surface area contributed by atoms with Crippen molar-refractivity contribution in [3.05, 3.63) is 71.8 Å². The SMILES string of the molecule is COCC(C)(CCCCC(O)CCCCC(C)(CC(=O)O)c1ccccc1)c1ccccc1. The number of hydrogen-bond acceptors (Lipinski definition) is 3. The topological polar surface area (TPSA) is 66.8 Å². The normalized spacial score (nSPS) is 16.0. The largest absolute Gasteiger partial charge is 0.481 e. The average molecular weight is 455 g/mol. The zero-order valence-electron chi connectivity index (χ0n) is 20.6. The van der Waals surface area contributed by atoms with Crippen molar-refractivity contribution in [3.63, 3.8) is 0 Å². The van der Waals surface area contributed by atoms with Crippen molar-refractivity contribution in [2.75, 3.05) is 13.7 Å². The number of carboxylic acids is 1. The van der Waals surface area contributed by atoms with Gasteiger partial charge in [0.25, 0.3) is 0 Å². The predicted octanol–water partition coefficient (Wildman–Crippen LogP) is 6.51. The smallest absolute Gasteiger partial charge is 0.304 e. The van der Waals surface area contributed by atoms with Crippen molar-refractivity contribution in [2.45, 2.75) is 88.6 Å². The number of unbranched alkanes of at least 4 members (excludes halogenated alkanes) is 2. The van der Waals surface area contributed by atoms with Gasteiger partial charge in [-0.2, -0.15) is 0 Å². The molecule has 4 heteroatoms. The van der Waals surface area contributed by atoms with Crippen molar-refractivity contribution in [1.82, 2.24) is 0 Å². The molecule has 33 heavy (non-hydrogen) atoms. The second-order valence-corrected chi connectivity index (χ2v) is 10.0. The summed E-state index contributed by atoms with van der Waals surface area (Å²) in [6.45, 7) is 4.98.